The Morgan fingerprint density at radius 3 is 2.33 bits per heavy atom. The minimum absolute atomic E-state index is 0.0229. The number of nitrogens with two attached hydrogens (primary N) is 1. The lowest BCUT2D eigenvalue weighted by Crippen LogP contribution is -1.92. The Labute approximate surface area is 117 Å². The molecule has 0 bridgehead atoms. The fraction of sp³-hybridized carbons (Fsp3) is 0. The van der Waals surface area contributed by atoms with Gasteiger partial charge >= 0.3 is 0 Å². The highest BCUT2D eigenvalue weighted by Gasteiger charge is 2.16. The summed E-state index contributed by atoms with van der Waals surface area (Å²) in [6.45, 7) is 0. The average molecular weight is 291 g/mol. The Hall–Kier alpha value is -2.83. The quantitative estimate of drug-likeness (QED) is 0.580. The van der Waals surface area contributed by atoms with E-state index in [9.17, 15) is 13.2 Å². The molecule has 0 saturated heterocycles. The number of halogens is 3. The number of rotatable bonds is 2. The fourth-order valence-corrected chi connectivity index (χ4v) is 1.81. The molecule has 2 N–H and O–H groups in total. The lowest BCUT2D eigenvalue weighted by molar-refractivity contribution is 0.431. The van der Waals surface area contributed by atoms with Crippen LogP contribution in [0.25, 0.3) is 22.8 Å². The summed E-state index contributed by atoms with van der Waals surface area (Å²) < 4.78 is 44.3. The summed E-state index contributed by atoms with van der Waals surface area (Å²) in [5.41, 5.74) is 6.69. The van der Waals surface area contributed by atoms with Crippen molar-refractivity contribution >= 4 is 5.69 Å². The maximum Gasteiger partial charge on any atom is 0.258 e. The number of nitrogen functional groups attached to an aromatic ring is 1. The van der Waals surface area contributed by atoms with Crippen LogP contribution in [0.5, 0.6) is 0 Å². The van der Waals surface area contributed by atoms with Crippen molar-refractivity contribution in [3.05, 3.63) is 53.8 Å². The molecule has 3 aromatic rings. The molecule has 0 atom stereocenters. The van der Waals surface area contributed by atoms with E-state index < -0.39 is 17.5 Å². The van der Waals surface area contributed by atoms with Crippen LogP contribution in [-0.4, -0.2) is 10.1 Å². The Morgan fingerprint density at radius 1 is 0.952 bits per heavy atom. The van der Waals surface area contributed by atoms with Gasteiger partial charge in [-0.05, 0) is 30.3 Å². The number of aromatic nitrogens is 2. The summed E-state index contributed by atoms with van der Waals surface area (Å²) in [4.78, 5) is 4.01. The Kier molecular flexibility index (Phi) is 3.09. The van der Waals surface area contributed by atoms with Gasteiger partial charge in [-0.1, -0.05) is 11.2 Å². The second kappa shape index (κ2) is 4.93. The number of anilines is 1. The molecule has 0 aliphatic heterocycles. The Balaban J connectivity index is 2.02. The van der Waals surface area contributed by atoms with Gasteiger partial charge in [-0.25, -0.2) is 13.2 Å². The topological polar surface area (TPSA) is 64.9 Å². The van der Waals surface area contributed by atoms with E-state index in [1.807, 2.05) is 0 Å². The van der Waals surface area contributed by atoms with Crippen molar-refractivity contribution in [2.45, 2.75) is 0 Å². The molecule has 4 nitrogen and oxygen atoms in total. The van der Waals surface area contributed by atoms with E-state index in [1.54, 1.807) is 24.3 Å². The highest BCUT2D eigenvalue weighted by atomic mass is 19.2. The highest BCUT2D eigenvalue weighted by molar-refractivity contribution is 5.62. The smallest absolute Gasteiger partial charge is 0.258 e. The van der Waals surface area contributed by atoms with E-state index in [2.05, 4.69) is 10.1 Å². The SMILES string of the molecule is Nc1cccc(-c2nc(-c3cc(F)c(F)c(F)c3)no2)c1. The summed E-state index contributed by atoms with van der Waals surface area (Å²) >= 11 is 0. The molecular formula is C14H8F3N3O. The third-order valence-electron chi connectivity index (χ3n) is 2.80. The van der Waals surface area contributed by atoms with Crippen molar-refractivity contribution < 1.29 is 17.7 Å². The molecule has 0 aliphatic rings. The minimum atomic E-state index is -1.54. The van der Waals surface area contributed by atoms with Crippen molar-refractivity contribution in [1.29, 1.82) is 0 Å². The van der Waals surface area contributed by atoms with Crippen molar-refractivity contribution in [3.8, 4) is 22.8 Å². The van der Waals surface area contributed by atoms with E-state index in [-0.39, 0.29) is 17.3 Å². The van der Waals surface area contributed by atoms with E-state index in [4.69, 9.17) is 10.3 Å². The zero-order valence-electron chi connectivity index (χ0n) is 10.5. The molecule has 0 amide bonds. The third kappa shape index (κ3) is 2.45. The van der Waals surface area contributed by atoms with E-state index in [0.29, 0.717) is 11.3 Å². The zero-order valence-corrected chi connectivity index (χ0v) is 10.5. The predicted octanol–water partition coefficient (Wildman–Crippen LogP) is 3.40. The summed E-state index contributed by atoms with van der Waals surface area (Å²) in [6, 6.07) is 8.29. The van der Waals surface area contributed by atoms with Crippen LogP contribution in [0.3, 0.4) is 0 Å². The van der Waals surface area contributed by atoms with Gasteiger partial charge in [0.2, 0.25) is 5.82 Å². The lowest BCUT2D eigenvalue weighted by Gasteiger charge is -1.98. The molecule has 0 aliphatic carbocycles. The van der Waals surface area contributed by atoms with E-state index in [0.717, 1.165) is 12.1 Å². The summed E-state index contributed by atoms with van der Waals surface area (Å²) in [5, 5.41) is 3.62. The first kappa shape index (κ1) is 13.2. The molecule has 0 spiro atoms. The molecule has 0 unspecified atom stereocenters. The first-order valence-corrected chi connectivity index (χ1v) is 5.89. The van der Waals surface area contributed by atoms with E-state index >= 15 is 0 Å². The monoisotopic (exact) mass is 291 g/mol. The molecular weight excluding hydrogens is 283 g/mol. The van der Waals surface area contributed by atoms with Crippen molar-refractivity contribution in [3.63, 3.8) is 0 Å². The lowest BCUT2D eigenvalue weighted by atomic mass is 10.2. The zero-order chi connectivity index (χ0) is 15.0. The summed E-state index contributed by atoms with van der Waals surface area (Å²) in [5.74, 6) is -4.09. The second-order valence-corrected chi connectivity index (χ2v) is 4.30. The van der Waals surface area contributed by atoms with Gasteiger partial charge in [0.15, 0.2) is 17.5 Å². The number of hydrogen-bond donors (Lipinski definition) is 1. The van der Waals surface area contributed by atoms with Crippen LogP contribution in [0.4, 0.5) is 18.9 Å². The van der Waals surface area contributed by atoms with E-state index in [1.165, 1.54) is 0 Å². The van der Waals surface area contributed by atoms with Crippen LogP contribution < -0.4 is 5.73 Å². The van der Waals surface area contributed by atoms with Crippen LogP contribution in [0.2, 0.25) is 0 Å². The normalized spacial score (nSPS) is 10.8. The van der Waals surface area contributed by atoms with Gasteiger partial charge in [0.05, 0.1) is 0 Å². The van der Waals surface area contributed by atoms with Crippen molar-refractivity contribution in [1.82, 2.24) is 10.1 Å². The maximum atomic E-state index is 13.2. The number of benzene rings is 2. The Bertz CT molecular complexity index is 794. The van der Waals surface area contributed by atoms with Crippen molar-refractivity contribution in [2.75, 3.05) is 5.73 Å². The summed E-state index contributed by atoms with van der Waals surface area (Å²) in [6.07, 6.45) is 0. The maximum absolute atomic E-state index is 13.2. The first-order valence-electron chi connectivity index (χ1n) is 5.89. The highest BCUT2D eigenvalue weighted by Crippen LogP contribution is 2.25. The second-order valence-electron chi connectivity index (χ2n) is 4.30. The fourth-order valence-electron chi connectivity index (χ4n) is 1.81. The molecule has 21 heavy (non-hydrogen) atoms. The first-order chi connectivity index (χ1) is 10.0. The molecule has 1 aromatic heterocycles. The molecule has 0 saturated carbocycles. The molecule has 2 aromatic carbocycles. The largest absolute Gasteiger partial charge is 0.399 e. The van der Waals surface area contributed by atoms with Gasteiger partial charge in [-0.15, -0.1) is 0 Å². The van der Waals surface area contributed by atoms with Crippen LogP contribution in [0.1, 0.15) is 0 Å². The molecule has 3 rings (SSSR count). The molecule has 106 valence electrons. The van der Waals surface area contributed by atoms with Gasteiger partial charge < -0.3 is 10.3 Å². The van der Waals surface area contributed by atoms with Gasteiger partial charge in [-0.2, -0.15) is 4.98 Å². The van der Waals surface area contributed by atoms with Gasteiger partial charge in [0.1, 0.15) is 0 Å². The van der Waals surface area contributed by atoms with Gasteiger partial charge in [0, 0.05) is 16.8 Å². The van der Waals surface area contributed by atoms with Gasteiger partial charge in [0.25, 0.3) is 5.89 Å². The predicted molar refractivity (Wildman–Crippen MR) is 69.5 cm³/mol. The third-order valence-corrected chi connectivity index (χ3v) is 2.80. The average Bonchev–Trinajstić information content (AvgIpc) is 2.94. The molecule has 0 radical (unpaired) electrons. The Morgan fingerprint density at radius 2 is 1.67 bits per heavy atom. The van der Waals surface area contributed by atoms with Crippen LogP contribution >= 0.6 is 0 Å². The molecule has 0 fully saturated rings. The number of nitrogens with zero attached hydrogens (tertiary/aromatic N) is 2. The van der Waals surface area contributed by atoms with Gasteiger partial charge in [-0.3, -0.25) is 0 Å². The standard InChI is InChI=1S/C14H8F3N3O/c15-10-5-8(6-11(16)12(10)17)13-19-14(21-20-13)7-2-1-3-9(18)4-7/h1-6H,18H2. The minimum Gasteiger partial charge on any atom is -0.399 e. The molecule has 7 heteroatoms. The number of hydrogen-bond acceptors (Lipinski definition) is 4. The van der Waals surface area contributed by atoms with Crippen LogP contribution in [-0.2, 0) is 0 Å². The van der Waals surface area contributed by atoms with Crippen LogP contribution in [0.15, 0.2) is 40.9 Å². The van der Waals surface area contributed by atoms with Crippen LogP contribution in [0, 0.1) is 17.5 Å². The molecule has 1 heterocycles. The summed E-state index contributed by atoms with van der Waals surface area (Å²) in [7, 11) is 0. The van der Waals surface area contributed by atoms with Crippen molar-refractivity contribution in [2.24, 2.45) is 0 Å².